The number of hydrogen-bond acceptors (Lipinski definition) is 5. The summed E-state index contributed by atoms with van der Waals surface area (Å²) in [5.74, 6) is 0.285. The maximum atomic E-state index is 12.8. The number of methoxy groups -OCH3 is 1. The molecule has 0 N–H and O–H groups in total. The van der Waals surface area contributed by atoms with Crippen molar-refractivity contribution >= 4 is 37.5 Å². The highest BCUT2D eigenvalue weighted by atomic mass is 32.2. The number of allylic oxidation sites excluding steroid dienone is 1. The number of benzene rings is 2. The van der Waals surface area contributed by atoms with Crippen molar-refractivity contribution in [3.8, 4) is 5.75 Å². The predicted octanol–water partition coefficient (Wildman–Crippen LogP) is 4.06. The molecule has 0 radical (unpaired) electrons. The number of sulfonamides is 1. The number of hydrogen-bond donors (Lipinski definition) is 0. The Morgan fingerprint density at radius 2 is 1.97 bits per heavy atom. The summed E-state index contributed by atoms with van der Waals surface area (Å²) in [5.41, 5.74) is 1.25. The molecule has 0 fully saturated rings. The van der Waals surface area contributed by atoms with Crippen LogP contribution in [-0.4, -0.2) is 43.9 Å². The number of carbonyl (C=O) groups excluding carboxylic acids is 1. The quantitative estimate of drug-likeness (QED) is 0.439. The van der Waals surface area contributed by atoms with Crippen LogP contribution in [0.3, 0.4) is 0 Å². The summed E-state index contributed by atoms with van der Waals surface area (Å²) in [5, 5.41) is 0. The van der Waals surface area contributed by atoms with Crippen LogP contribution in [0.15, 0.2) is 65.0 Å². The molecule has 1 aromatic heterocycles. The predicted molar refractivity (Wildman–Crippen MR) is 128 cm³/mol. The Balaban J connectivity index is 1.94. The molecule has 0 saturated heterocycles. The Morgan fingerprint density at radius 3 is 2.59 bits per heavy atom. The number of thiazole rings is 1. The highest BCUT2D eigenvalue weighted by Gasteiger charge is 2.20. The summed E-state index contributed by atoms with van der Waals surface area (Å²) in [7, 11) is -0.417. The molecule has 0 aliphatic rings. The first-order valence-electron chi connectivity index (χ1n) is 10.3. The number of amides is 1. The molecule has 0 spiro atoms. The second-order valence-corrected chi connectivity index (χ2v) is 10.3. The number of rotatable bonds is 9. The molecular weight excluding hydrogens is 446 g/mol. The Kier molecular flexibility index (Phi) is 7.65. The van der Waals surface area contributed by atoms with Gasteiger partial charge in [-0.15, -0.1) is 6.58 Å². The van der Waals surface area contributed by atoms with Gasteiger partial charge in [0, 0.05) is 25.7 Å². The monoisotopic (exact) mass is 473 g/mol. The minimum absolute atomic E-state index is 0.156. The molecule has 0 aliphatic carbocycles. The van der Waals surface area contributed by atoms with Crippen LogP contribution in [0.1, 0.15) is 30.1 Å². The normalized spacial score (nSPS) is 12.4. The molecule has 2 aromatic carbocycles. The molecular formula is C23H27N3O4S2. The van der Waals surface area contributed by atoms with E-state index in [1.807, 2.05) is 29.7 Å². The molecule has 32 heavy (non-hydrogen) atoms. The fraction of sp³-hybridized carbons (Fsp3) is 0.304. The summed E-state index contributed by atoms with van der Waals surface area (Å²) in [6.45, 7) is 6.75. The average molecular weight is 474 g/mol. The van der Waals surface area contributed by atoms with E-state index in [1.165, 1.54) is 39.9 Å². The molecule has 1 amide bonds. The molecule has 170 valence electrons. The van der Waals surface area contributed by atoms with Gasteiger partial charge in [0.2, 0.25) is 10.0 Å². The molecule has 7 nitrogen and oxygen atoms in total. The first-order chi connectivity index (χ1) is 15.3. The van der Waals surface area contributed by atoms with Crippen molar-refractivity contribution in [3.63, 3.8) is 0 Å². The van der Waals surface area contributed by atoms with Gasteiger partial charge in [-0.3, -0.25) is 4.79 Å². The lowest BCUT2D eigenvalue weighted by Crippen LogP contribution is -2.27. The van der Waals surface area contributed by atoms with Gasteiger partial charge in [0.15, 0.2) is 4.80 Å². The molecule has 9 heteroatoms. The van der Waals surface area contributed by atoms with Crippen LogP contribution in [0.4, 0.5) is 0 Å². The van der Waals surface area contributed by atoms with Crippen molar-refractivity contribution in [1.82, 2.24) is 8.87 Å². The zero-order valence-corrected chi connectivity index (χ0v) is 20.1. The lowest BCUT2D eigenvalue weighted by atomic mass is 10.2. The lowest BCUT2D eigenvalue weighted by molar-refractivity contribution is 0.0997. The van der Waals surface area contributed by atoms with Crippen LogP contribution in [0.2, 0.25) is 0 Å². The summed E-state index contributed by atoms with van der Waals surface area (Å²) < 4.78 is 34.8. The first-order valence-corrected chi connectivity index (χ1v) is 12.5. The molecule has 1 heterocycles. The smallest absolute Gasteiger partial charge is 0.279 e. The van der Waals surface area contributed by atoms with E-state index >= 15 is 0 Å². The van der Waals surface area contributed by atoms with E-state index in [4.69, 9.17) is 4.74 Å². The maximum absolute atomic E-state index is 12.8. The van der Waals surface area contributed by atoms with E-state index in [1.54, 1.807) is 20.2 Å². The average Bonchev–Trinajstić information content (AvgIpc) is 3.13. The lowest BCUT2D eigenvalue weighted by Gasteiger charge is -2.16. The van der Waals surface area contributed by atoms with Crippen molar-refractivity contribution < 1.29 is 17.9 Å². The van der Waals surface area contributed by atoms with Crippen LogP contribution in [0, 0.1) is 0 Å². The van der Waals surface area contributed by atoms with Gasteiger partial charge in [0.25, 0.3) is 5.91 Å². The Morgan fingerprint density at radius 1 is 1.25 bits per heavy atom. The molecule has 0 aliphatic heterocycles. The maximum Gasteiger partial charge on any atom is 0.279 e. The summed E-state index contributed by atoms with van der Waals surface area (Å²) in [6.07, 6.45) is 3.44. The van der Waals surface area contributed by atoms with Crippen LogP contribution >= 0.6 is 11.3 Å². The van der Waals surface area contributed by atoms with Gasteiger partial charge >= 0.3 is 0 Å². The van der Waals surface area contributed by atoms with Gasteiger partial charge in [-0.1, -0.05) is 30.8 Å². The largest absolute Gasteiger partial charge is 0.497 e. The Bertz CT molecular complexity index is 1290. The van der Waals surface area contributed by atoms with E-state index in [-0.39, 0.29) is 4.90 Å². The first kappa shape index (κ1) is 23.9. The number of fused-ring (bicyclic) bond motifs is 1. The summed E-state index contributed by atoms with van der Waals surface area (Å²) in [4.78, 5) is 17.8. The highest BCUT2D eigenvalue weighted by molar-refractivity contribution is 7.89. The minimum Gasteiger partial charge on any atom is -0.497 e. The van der Waals surface area contributed by atoms with E-state index < -0.39 is 15.9 Å². The zero-order chi connectivity index (χ0) is 23.3. The van der Waals surface area contributed by atoms with Gasteiger partial charge in [0.05, 0.1) is 22.2 Å². The van der Waals surface area contributed by atoms with Gasteiger partial charge in [0.1, 0.15) is 5.75 Å². The Hall–Kier alpha value is -2.75. The van der Waals surface area contributed by atoms with Crippen LogP contribution in [-0.2, 0) is 16.6 Å². The number of carbonyl (C=O) groups is 1. The SMILES string of the molecule is C=CCn1c(=NC(=O)c2ccc(S(=O)(=O)N(C)CCCC)cc2)sc2cc(OC)ccc21. The topological polar surface area (TPSA) is 81.0 Å². The molecule has 3 aromatic rings. The fourth-order valence-corrected chi connectivity index (χ4v) is 5.45. The molecule has 0 saturated carbocycles. The Labute approximate surface area is 192 Å². The zero-order valence-electron chi connectivity index (χ0n) is 18.4. The van der Waals surface area contributed by atoms with Gasteiger partial charge in [-0.05, 0) is 48.9 Å². The van der Waals surface area contributed by atoms with Crippen LogP contribution in [0.5, 0.6) is 5.75 Å². The van der Waals surface area contributed by atoms with Crippen molar-refractivity contribution in [3.05, 3.63) is 65.5 Å². The van der Waals surface area contributed by atoms with Crippen molar-refractivity contribution in [2.24, 2.45) is 4.99 Å². The standard InChI is InChI=1S/C23H27N3O4S2/c1-5-7-15-25(3)32(28,29)19-11-8-17(9-12-19)22(27)24-23-26(14-6-2)20-13-10-18(30-4)16-21(20)31-23/h6,8-13,16H,2,5,7,14-15H2,1,3-4H3. The number of nitrogens with zero attached hydrogens (tertiary/aromatic N) is 3. The van der Waals surface area contributed by atoms with Gasteiger partial charge in [-0.25, -0.2) is 12.7 Å². The number of aromatic nitrogens is 1. The summed E-state index contributed by atoms with van der Waals surface area (Å²) in [6, 6.07) is 11.6. The number of unbranched alkanes of at least 4 members (excludes halogenated alkanes) is 1. The second kappa shape index (κ2) is 10.2. The third-order valence-corrected chi connectivity index (χ3v) is 7.95. The van der Waals surface area contributed by atoms with Crippen molar-refractivity contribution in [1.29, 1.82) is 0 Å². The third-order valence-electron chi connectivity index (χ3n) is 5.03. The molecule has 3 rings (SSSR count). The second-order valence-electron chi connectivity index (χ2n) is 7.24. The van der Waals surface area contributed by atoms with Crippen LogP contribution < -0.4 is 9.54 Å². The van der Waals surface area contributed by atoms with Gasteiger partial charge in [-0.2, -0.15) is 4.99 Å². The molecule has 0 unspecified atom stereocenters. The van der Waals surface area contributed by atoms with Crippen molar-refractivity contribution in [2.75, 3.05) is 20.7 Å². The summed E-state index contributed by atoms with van der Waals surface area (Å²) >= 11 is 1.38. The highest BCUT2D eigenvalue weighted by Crippen LogP contribution is 2.23. The van der Waals surface area contributed by atoms with E-state index in [0.717, 1.165) is 28.8 Å². The third kappa shape index (κ3) is 5.01. The van der Waals surface area contributed by atoms with E-state index in [2.05, 4.69) is 11.6 Å². The van der Waals surface area contributed by atoms with Gasteiger partial charge < -0.3 is 9.30 Å². The van der Waals surface area contributed by atoms with Crippen molar-refractivity contribution in [2.45, 2.75) is 31.2 Å². The van der Waals surface area contributed by atoms with E-state index in [0.29, 0.717) is 23.5 Å². The number of ether oxygens (including phenoxy) is 1. The fourth-order valence-electron chi connectivity index (χ4n) is 3.17. The molecule has 0 bridgehead atoms. The van der Waals surface area contributed by atoms with Crippen LogP contribution in [0.25, 0.3) is 10.2 Å². The van der Waals surface area contributed by atoms with E-state index in [9.17, 15) is 13.2 Å². The minimum atomic E-state index is -3.58. The molecule has 0 atom stereocenters.